The third kappa shape index (κ3) is 13.2. The minimum atomic E-state index is -4.59. The maximum Gasteiger partial charge on any atom is 0.317 e. The third-order valence-corrected chi connectivity index (χ3v) is 6.89. The molecule has 2 heterocycles. The lowest BCUT2D eigenvalue weighted by molar-refractivity contribution is -0.171. The van der Waals surface area contributed by atoms with Crippen LogP contribution in [0.15, 0.2) is 0 Å². The van der Waals surface area contributed by atoms with E-state index in [4.69, 9.17) is 30.2 Å². The molecule has 0 spiro atoms. The number of carbonyl (C=O) groups is 6. The average Bonchev–Trinajstić information content (AvgIpc) is 3.07. The van der Waals surface area contributed by atoms with Crippen molar-refractivity contribution >= 4 is 45.8 Å². The summed E-state index contributed by atoms with van der Waals surface area (Å²) in [6.45, 7) is 1.52. The van der Waals surface area contributed by atoms with Crippen LogP contribution in [0.2, 0.25) is 0 Å². The highest BCUT2D eigenvalue weighted by Crippen LogP contribution is 2.16. The van der Waals surface area contributed by atoms with Crippen molar-refractivity contribution in [2.24, 2.45) is 0 Å². The Hall–Kier alpha value is -3.27. The van der Waals surface area contributed by atoms with Gasteiger partial charge in [-0.3, -0.25) is 58.1 Å². The monoisotopic (exact) mass is 599 g/mol. The first-order valence-electron chi connectivity index (χ1n) is 11.8. The summed E-state index contributed by atoms with van der Waals surface area (Å²) in [5.74, 6) is -6.43. The molecule has 0 aromatic rings. The Morgan fingerprint density at radius 2 is 0.875 bits per heavy atom. The molecule has 2 rings (SSSR count). The zero-order valence-corrected chi connectivity index (χ0v) is 22.2. The Kier molecular flexibility index (Phi) is 14.0. The van der Waals surface area contributed by atoms with Crippen LogP contribution in [0.25, 0.3) is 0 Å². The molecule has 0 aromatic carbocycles. The molecule has 2 fully saturated rings. The van der Waals surface area contributed by atoms with Gasteiger partial charge in [-0.05, 0) is 0 Å². The summed E-state index contributed by atoms with van der Waals surface area (Å²) in [5, 5.41) is 42.7. The number of imide groups is 1. The number of carbonyl (C=O) groups excluding carboxylic acids is 2. The second kappa shape index (κ2) is 16.1. The van der Waals surface area contributed by atoms with Crippen LogP contribution in [0.3, 0.4) is 0 Å². The highest BCUT2D eigenvalue weighted by molar-refractivity contribution is 7.87. The number of hydrogen-bond donors (Lipinski definition) is 6. The van der Waals surface area contributed by atoms with E-state index < -0.39 is 57.5 Å². The predicted octanol–water partition coefficient (Wildman–Crippen LogP) is -4.06. The molecule has 1 unspecified atom stereocenters. The number of aliphatic carboxylic acids is 4. The summed E-state index contributed by atoms with van der Waals surface area (Å²) < 4.78 is 29.1. The first-order chi connectivity index (χ1) is 18.5. The van der Waals surface area contributed by atoms with Crippen LogP contribution in [0.1, 0.15) is 6.42 Å². The number of carboxylic acids is 4. The van der Waals surface area contributed by atoms with E-state index in [9.17, 15) is 37.2 Å². The molecule has 2 aliphatic rings. The minimum absolute atomic E-state index is 0.229. The van der Waals surface area contributed by atoms with Gasteiger partial charge in [-0.1, -0.05) is 0 Å². The van der Waals surface area contributed by atoms with E-state index in [2.05, 4.69) is 0 Å². The van der Waals surface area contributed by atoms with E-state index >= 15 is 0 Å². The van der Waals surface area contributed by atoms with Crippen molar-refractivity contribution in [3.8, 4) is 0 Å². The van der Waals surface area contributed by atoms with Crippen molar-refractivity contribution in [1.82, 2.24) is 24.7 Å². The van der Waals surface area contributed by atoms with Gasteiger partial charge in [0.05, 0.1) is 32.6 Å². The van der Waals surface area contributed by atoms with Gasteiger partial charge in [-0.2, -0.15) is 13.5 Å². The number of hydrogen-bond acceptors (Lipinski definition) is 13. The van der Waals surface area contributed by atoms with Gasteiger partial charge in [0.25, 0.3) is 21.9 Å². The standard InChI is InChI=1S/C16H28N4O8.C4H5NO6S/c21-13(22)9-17-1-2-18(10-14(23)24)5-6-20(12-16(27)28)8-7-19(4-3-17)11-15(25)26;6-3-1-2(12(9,10)11)4(7)5(3)8/h1-12H2,(H,21,22)(H,23,24)(H,25,26)(H,27,28);2,8H,1H2,(H,9,10,11). The fourth-order valence-corrected chi connectivity index (χ4v) is 4.51. The number of hydroxylamine groups is 2. The predicted molar refractivity (Wildman–Crippen MR) is 130 cm³/mol. The van der Waals surface area contributed by atoms with E-state index in [1.807, 2.05) is 0 Å². The van der Waals surface area contributed by atoms with E-state index in [-0.39, 0.29) is 31.2 Å². The molecule has 2 saturated heterocycles. The summed E-state index contributed by atoms with van der Waals surface area (Å²) >= 11 is 0. The summed E-state index contributed by atoms with van der Waals surface area (Å²) in [7, 11) is -4.59. The van der Waals surface area contributed by atoms with Crippen LogP contribution in [-0.2, 0) is 38.9 Å². The zero-order valence-electron chi connectivity index (χ0n) is 21.4. The van der Waals surface area contributed by atoms with Gasteiger partial charge in [0.15, 0.2) is 5.25 Å². The van der Waals surface area contributed by atoms with Crippen molar-refractivity contribution in [2.75, 3.05) is 78.5 Å². The normalized spacial score (nSPS) is 21.1. The quantitative estimate of drug-likeness (QED) is 0.0835. The lowest BCUT2D eigenvalue weighted by Crippen LogP contribution is -2.49. The van der Waals surface area contributed by atoms with E-state index in [1.165, 1.54) is 0 Å². The maximum atomic E-state index is 11.1. The first-order valence-corrected chi connectivity index (χ1v) is 13.3. The minimum Gasteiger partial charge on any atom is -0.480 e. The second-order valence-electron chi connectivity index (χ2n) is 8.93. The smallest absolute Gasteiger partial charge is 0.317 e. The molecule has 2 amide bonds. The molecule has 19 nitrogen and oxygen atoms in total. The molecule has 2 aliphatic heterocycles. The highest BCUT2D eigenvalue weighted by Gasteiger charge is 2.45. The molecule has 0 saturated carbocycles. The molecular weight excluding hydrogens is 566 g/mol. The summed E-state index contributed by atoms with van der Waals surface area (Å²) in [6.07, 6.45) is -0.714. The Morgan fingerprint density at radius 1 is 0.625 bits per heavy atom. The van der Waals surface area contributed by atoms with E-state index in [1.54, 1.807) is 19.6 Å². The van der Waals surface area contributed by atoms with Crippen LogP contribution in [0.5, 0.6) is 0 Å². The van der Waals surface area contributed by atoms with Crippen molar-refractivity contribution < 1.29 is 67.4 Å². The van der Waals surface area contributed by atoms with Crippen molar-refractivity contribution in [3.05, 3.63) is 0 Å². The van der Waals surface area contributed by atoms with Crippen molar-refractivity contribution in [1.29, 1.82) is 0 Å². The highest BCUT2D eigenvalue weighted by atomic mass is 32.2. The third-order valence-electron chi connectivity index (χ3n) is 5.81. The van der Waals surface area contributed by atoms with Gasteiger partial charge in [0, 0.05) is 52.4 Å². The Morgan fingerprint density at radius 3 is 1.00 bits per heavy atom. The zero-order chi connectivity index (χ0) is 30.6. The Balaban J connectivity index is 0.000000552. The Bertz CT molecular complexity index is 942. The molecule has 20 heteroatoms. The Labute approximate surface area is 228 Å². The lowest BCUT2D eigenvalue weighted by atomic mass is 10.3. The SMILES string of the molecule is O=C(O)CN1CCN(CC(=O)O)CCN(CC(=O)O)CCN(CC(=O)O)CC1.O=C1CC(S(=O)(=O)O)C(=O)N1O. The number of rotatable bonds is 9. The molecular formula is C20H33N5O14S. The van der Waals surface area contributed by atoms with Crippen molar-refractivity contribution in [2.45, 2.75) is 11.7 Å². The molecule has 1 atom stereocenters. The second-order valence-corrected chi connectivity index (χ2v) is 10.5. The fraction of sp³-hybridized carbons (Fsp3) is 0.700. The number of amides is 2. The topological polar surface area (TPSA) is 274 Å². The van der Waals surface area contributed by atoms with Crippen LogP contribution in [-0.4, -0.2) is 183 Å². The average molecular weight is 600 g/mol. The maximum absolute atomic E-state index is 11.1. The number of nitrogens with zero attached hydrogens (tertiary/aromatic N) is 5. The van der Waals surface area contributed by atoms with Crippen LogP contribution >= 0.6 is 0 Å². The molecule has 228 valence electrons. The van der Waals surface area contributed by atoms with Gasteiger partial charge in [0.2, 0.25) is 0 Å². The van der Waals surface area contributed by atoms with Crippen molar-refractivity contribution in [3.63, 3.8) is 0 Å². The molecule has 0 bridgehead atoms. The summed E-state index contributed by atoms with van der Waals surface area (Å²) in [4.78, 5) is 72.1. The summed E-state index contributed by atoms with van der Waals surface area (Å²) in [5.41, 5.74) is 0. The van der Waals surface area contributed by atoms with Crippen LogP contribution in [0.4, 0.5) is 0 Å². The van der Waals surface area contributed by atoms with Crippen LogP contribution < -0.4 is 0 Å². The lowest BCUT2D eigenvalue weighted by Gasteiger charge is -2.32. The fourth-order valence-electron chi connectivity index (χ4n) is 3.80. The van der Waals surface area contributed by atoms with E-state index in [0.29, 0.717) is 52.4 Å². The van der Waals surface area contributed by atoms with Gasteiger partial charge in [0.1, 0.15) is 0 Å². The van der Waals surface area contributed by atoms with Gasteiger partial charge < -0.3 is 20.4 Å². The van der Waals surface area contributed by atoms with Crippen LogP contribution in [0, 0.1) is 0 Å². The number of carboxylic acid groups (broad SMARTS) is 4. The van der Waals surface area contributed by atoms with Gasteiger partial charge >= 0.3 is 23.9 Å². The largest absolute Gasteiger partial charge is 0.480 e. The molecule has 0 aliphatic carbocycles. The molecule has 6 N–H and O–H groups in total. The molecule has 0 aromatic heterocycles. The van der Waals surface area contributed by atoms with E-state index in [0.717, 1.165) is 0 Å². The first kappa shape index (κ1) is 34.8. The summed E-state index contributed by atoms with van der Waals surface area (Å²) in [6, 6.07) is 0. The molecule has 40 heavy (non-hydrogen) atoms. The van der Waals surface area contributed by atoms with Gasteiger partial charge in [-0.15, -0.1) is 0 Å². The molecule has 0 radical (unpaired) electrons. The van der Waals surface area contributed by atoms with Gasteiger partial charge in [-0.25, -0.2) is 0 Å².